The van der Waals surface area contributed by atoms with E-state index in [2.05, 4.69) is 20.7 Å². The first-order valence-corrected chi connectivity index (χ1v) is 5.43. The summed E-state index contributed by atoms with van der Waals surface area (Å²) in [5.41, 5.74) is 5.84. The monoisotopic (exact) mass is 315 g/mol. The van der Waals surface area contributed by atoms with Gasteiger partial charge in [0.1, 0.15) is 5.75 Å². The SMILES string of the molecule is NCc1cc(Br)ccc1OCC(F)(F)C(F)F. The maximum Gasteiger partial charge on any atom is 0.340 e. The summed E-state index contributed by atoms with van der Waals surface area (Å²) < 4.78 is 54.4. The van der Waals surface area contributed by atoms with Gasteiger partial charge in [-0.1, -0.05) is 15.9 Å². The minimum absolute atomic E-state index is 0.0645. The molecule has 0 saturated heterocycles. The van der Waals surface area contributed by atoms with E-state index in [0.717, 1.165) is 0 Å². The number of hydrogen-bond donors (Lipinski definition) is 1. The Labute approximate surface area is 104 Å². The number of rotatable bonds is 5. The van der Waals surface area contributed by atoms with Gasteiger partial charge in [-0.05, 0) is 18.2 Å². The van der Waals surface area contributed by atoms with Crippen LogP contribution >= 0.6 is 15.9 Å². The molecule has 7 heteroatoms. The second-order valence-corrected chi connectivity index (χ2v) is 4.22. The molecular weight excluding hydrogens is 306 g/mol. The lowest BCUT2D eigenvalue weighted by Gasteiger charge is -2.17. The number of benzene rings is 1. The quantitative estimate of drug-likeness (QED) is 0.847. The van der Waals surface area contributed by atoms with Gasteiger partial charge >= 0.3 is 12.3 Å². The third kappa shape index (κ3) is 3.85. The van der Waals surface area contributed by atoms with Crippen LogP contribution in [0.4, 0.5) is 17.6 Å². The molecule has 1 aromatic carbocycles. The van der Waals surface area contributed by atoms with Crippen molar-refractivity contribution < 1.29 is 22.3 Å². The van der Waals surface area contributed by atoms with Crippen LogP contribution in [-0.2, 0) is 6.54 Å². The Bertz CT molecular complexity index is 387. The Morgan fingerprint density at radius 1 is 1.35 bits per heavy atom. The zero-order valence-corrected chi connectivity index (χ0v) is 10.2. The summed E-state index contributed by atoms with van der Waals surface area (Å²) in [5, 5.41) is 0. The molecule has 1 aromatic rings. The van der Waals surface area contributed by atoms with Crippen LogP contribution in [0, 0.1) is 0 Å². The van der Waals surface area contributed by atoms with Gasteiger partial charge in [-0.3, -0.25) is 0 Å². The summed E-state index contributed by atoms with van der Waals surface area (Å²) in [4.78, 5) is 0. The van der Waals surface area contributed by atoms with Gasteiger partial charge < -0.3 is 10.5 Å². The van der Waals surface area contributed by atoms with E-state index in [4.69, 9.17) is 5.73 Å². The van der Waals surface area contributed by atoms with Crippen LogP contribution < -0.4 is 10.5 Å². The smallest absolute Gasteiger partial charge is 0.340 e. The fourth-order valence-corrected chi connectivity index (χ4v) is 1.49. The van der Waals surface area contributed by atoms with Gasteiger partial charge in [-0.15, -0.1) is 0 Å². The van der Waals surface area contributed by atoms with E-state index in [0.29, 0.717) is 10.0 Å². The molecule has 0 amide bonds. The summed E-state index contributed by atoms with van der Waals surface area (Å²) >= 11 is 3.17. The van der Waals surface area contributed by atoms with Gasteiger partial charge in [0.2, 0.25) is 0 Å². The molecule has 17 heavy (non-hydrogen) atoms. The molecule has 96 valence electrons. The Hall–Kier alpha value is -0.820. The minimum Gasteiger partial charge on any atom is -0.487 e. The van der Waals surface area contributed by atoms with Gasteiger partial charge in [0.15, 0.2) is 6.61 Å². The fraction of sp³-hybridized carbons (Fsp3) is 0.400. The van der Waals surface area contributed by atoms with Gasteiger partial charge in [0.05, 0.1) is 0 Å². The molecule has 0 radical (unpaired) electrons. The molecule has 2 N–H and O–H groups in total. The summed E-state index contributed by atoms with van der Waals surface area (Å²) in [6.07, 6.45) is -3.75. The molecule has 1 rings (SSSR count). The first-order valence-electron chi connectivity index (χ1n) is 4.64. The largest absolute Gasteiger partial charge is 0.487 e. The second-order valence-electron chi connectivity index (χ2n) is 3.31. The predicted octanol–water partition coefficient (Wildman–Crippen LogP) is 3.19. The van der Waals surface area contributed by atoms with Crippen molar-refractivity contribution in [3.8, 4) is 5.75 Å². The van der Waals surface area contributed by atoms with Crippen LogP contribution in [0.1, 0.15) is 5.56 Å². The summed E-state index contributed by atoms with van der Waals surface area (Å²) in [6.45, 7) is -1.31. The third-order valence-corrected chi connectivity index (χ3v) is 2.48. The van der Waals surface area contributed by atoms with Crippen molar-refractivity contribution in [3.63, 3.8) is 0 Å². The second kappa shape index (κ2) is 5.68. The average Bonchev–Trinajstić information content (AvgIpc) is 2.27. The van der Waals surface area contributed by atoms with E-state index in [1.165, 1.54) is 6.07 Å². The first kappa shape index (κ1) is 14.2. The van der Waals surface area contributed by atoms with E-state index in [1.54, 1.807) is 12.1 Å². The van der Waals surface area contributed by atoms with Crippen LogP contribution in [-0.4, -0.2) is 19.0 Å². The lowest BCUT2D eigenvalue weighted by molar-refractivity contribution is -0.148. The molecule has 0 aliphatic heterocycles. The zero-order chi connectivity index (χ0) is 13.1. The molecule has 0 spiro atoms. The lowest BCUT2D eigenvalue weighted by Crippen LogP contribution is -2.34. The number of hydrogen-bond acceptors (Lipinski definition) is 2. The topological polar surface area (TPSA) is 35.2 Å². The molecule has 2 nitrogen and oxygen atoms in total. The van der Waals surface area contributed by atoms with Crippen LogP contribution in [0.2, 0.25) is 0 Å². The standard InChI is InChI=1S/C10H10BrF4NO/c11-7-1-2-8(6(3-7)4-16)17-5-10(14,15)9(12)13/h1-3,9H,4-5,16H2. The highest BCUT2D eigenvalue weighted by molar-refractivity contribution is 9.10. The van der Waals surface area contributed by atoms with Gasteiger partial charge in [-0.25, -0.2) is 8.78 Å². The number of alkyl halides is 4. The Balaban J connectivity index is 2.76. The van der Waals surface area contributed by atoms with Gasteiger partial charge in [-0.2, -0.15) is 8.78 Å². The van der Waals surface area contributed by atoms with Crippen LogP contribution in [0.15, 0.2) is 22.7 Å². The first-order chi connectivity index (χ1) is 7.86. The maximum absolute atomic E-state index is 12.6. The number of halogens is 5. The van der Waals surface area contributed by atoms with Crippen molar-refractivity contribution in [3.05, 3.63) is 28.2 Å². The molecule has 0 aromatic heterocycles. The van der Waals surface area contributed by atoms with E-state index in [-0.39, 0.29) is 12.3 Å². The highest BCUT2D eigenvalue weighted by Gasteiger charge is 2.41. The molecule has 0 unspecified atom stereocenters. The van der Waals surface area contributed by atoms with Gasteiger partial charge in [0, 0.05) is 16.6 Å². The van der Waals surface area contributed by atoms with Crippen LogP contribution in [0.5, 0.6) is 5.75 Å². The Morgan fingerprint density at radius 2 is 2.00 bits per heavy atom. The van der Waals surface area contributed by atoms with Crippen LogP contribution in [0.25, 0.3) is 0 Å². The van der Waals surface area contributed by atoms with E-state index in [9.17, 15) is 17.6 Å². The molecule has 0 bridgehead atoms. The normalized spacial score (nSPS) is 11.9. The molecule has 0 heterocycles. The molecule has 0 aliphatic carbocycles. The van der Waals surface area contributed by atoms with E-state index >= 15 is 0 Å². The average molecular weight is 316 g/mol. The summed E-state index contributed by atoms with van der Waals surface area (Å²) in [5.74, 6) is -4.09. The zero-order valence-electron chi connectivity index (χ0n) is 8.60. The molecule has 0 saturated carbocycles. The van der Waals surface area contributed by atoms with Crippen molar-refractivity contribution >= 4 is 15.9 Å². The Morgan fingerprint density at radius 3 is 2.53 bits per heavy atom. The van der Waals surface area contributed by atoms with Crippen molar-refractivity contribution in [1.82, 2.24) is 0 Å². The minimum atomic E-state index is -4.17. The van der Waals surface area contributed by atoms with E-state index < -0.39 is 19.0 Å². The summed E-state index contributed by atoms with van der Waals surface area (Å²) in [7, 11) is 0. The van der Waals surface area contributed by atoms with Crippen molar-refractivity contribution in [1.29, 1.82) is 0 Å². The molecular formula is C10H10BrF4NO. The molecule has 0 atom stereocenters. The number of nitrogens with two attached hydrogens (primary N) is 1. The summed E-state index contributed by atoms with van der Waals surface area (Å²) in [6, 6.07) is 4.53. The Kier molecular flexibility index (Phi) is 4.76. The van der Waals surface area contributed by atoms with Crippen molar-refractivity contribution in [2.75, 3.05) is 6.61 Å². The van der Waals surface area contributed by atoms with Crippen molar-refractivity contribution in [2.45, 2.75) is 18.9 Å². The van der Waals surface area contributed by atoms with E-state index in [1.807, 2.05) is 0 Å². The third-order valence-electron chi connectivity index (χ3n) is 1.98. The van der Waals surface area contributed by atoms with Gasteiger partial charge in [0.25, 0.3) is 0 Å². The molecule has 0 aliphatic rings. The fourth-order valence-electron chi connectivity index (χ4n) is 1.09. The van der Waals surface area contributed by atoms with Crippen LogP contribution in [0.3, 0.4) is 0 Å². The lowest BCUT2D eigenvalue weighted by atomic mass is 10.2. The maximum atomic E-state index is 12.6. The highest BCUT2D eigenvalue weighted by Crippen LogP contribution is 2.27. The predicted molar refractivity (Wildman–Crippen MR) is 58.5 cm³/mol. The number of ether oxygens (including phenoxy) is 1. The van der Waals surface area contributed by atoms with Crippen molar-refractivity contribution in [2.24, 2.45) is 5.73 Å². The highest BCUT2D eigenvalue weighted by atomic mass is 79.9. The molecule has 0 fully saturated rings.